The maximum Gasteiger partial charge on any atom is 0.408 e. The fourth-order valence-electron chi connectivity index (χ4n) is 3.19. The largest absolute Gasteiger partial charge is 0.493 e. The zero-order chi connectivity index (χ0) is 23.8. The molecule has 0 aromatic heterocycles. The Labute approximate surface area is 196 Å². The average molecular weight is 470 g/mol. The lowest BCUT2D eigenvalue weighted by Crippen LogP contribution is -2.32. The van der Waals surface area contributed by atoms with Crippen molar-refractivity contribution in [3.8, 4) is 17.2 Å². The van der Waals surface area contributed by atoms with Gasteiger partial charge in [0.1, 0.15) is 12.0 Å². The van der Waals surface area contributed by atoms with Crippen molar-refractivity contribution in [3.05, 3.63) is 83.4 Å². The minimum Gasteiger partial charge on any atom is -0.493 e. The second-order valence-corrected chi connectivity index (χ2v) is 8.69. The van der Waals surface area contributed by atoms with Crippen LogP contribution in [0.5, 0.6) is 17.2 Å². The lowest BCUT2D eigenvalue weighted by Gasteiger charge is -2.21. The number of rotatable bonds is 9. The molecular formula is C25H27NO6S. The molecule has 0 aliphatic heterocycles. The minimum absolute atomic E-state index is 0.0891. The molecule has 0 radical (unpaired) electrons. The van der Waals surface area contributed by atoms with Crippen molar-refractivity contribution in [2.45, 2.75) is 23.8 Å². The zero-order valence-electron chi connectivity index (χ0n) is 19.0. The van der Waals surface area contributed by atoms with E-state index in [4.69, 9.17) is 18.9 Å². The Kier molecular flexibility index (Phi) is 8.32. The summed E-state index contributed by atoms with van der Waals surface area (Å²) in [5.41, 5.74) is 2.40. The normalized spacial score (nSPS) is 12.4. The number of aryl methyl sites for hydroxylation is 1. The SMILES string of the molecule is COc1cc(C(NC(=O)OCc2ccccc2)S(=O)c2ccc(C)cc2)cc(OC)c1OC. The maximum atomic E-state index is 13.5. The van der Waals surface area contributed by atoms with Gasteiger partial charge in [-0.15, -0.1) is 0 Å². The van der Waals surface area contributed by atoms with Gasteiger partial charge in [0, 0.05) is 4.90 Å². The van der Waals surface area contributed by atoms with E-state index in [0.29, 0.717) is 27.7 Å². The van der Waals surface area contributed by atoms with E-state index in [0.717, 1.165) is 11.1 Å². The predicted molar refractivity (Wildman–Crippen MR) is 126 cm³/mol. The molecule has 3 aromatic carbocycles. The second kappa shape index (κ2) is 11.4. The first kappa shape index (κ1) is 24.1. The summed E-state index contributed by atoms with van der Waals surface area (Å²) >= 11 is 0. The van der Waals surface area contributed by atoms with Crippen molar-refractivity contribution in [3.63, 3.8) is 0 Å². The summed E-state index contributed by atoms with van der Waals surface area (Å²) in [5.74, 6) is 1.17. The van der Waals surface area contributed by atoms with Crippen LogP contribution in [0.15, 0.2) is 71.6 Å². The molecule has 2 unspecified atom stereocenters. The summed E-state index contributed by atoms with van der Waals surface area (Å²) in [6.07, 6.45) is -0.696. The van der Waals surface area contributed by atoms with Crippen molar-refractivity contribution >= 4 is 16.9 Å². The molecule has 0 aliphatic rings. The summed E-state index contributed by atoms with van der Waals surface area (Å²) in [6.45, 7) is 2.04. The molecule has 0 saturated carbocycles. The molecule has 1 N–H and O–H groups in total. The second-order valence-electron chi connectivity index (χ2n) is 7.16. The van der Waals surface area contributed by atoms with Crippen LogP contribution in [0.25, 0.3) is 0 Å². The van der Waals surface area contributed by atoms with E-state index in [9.17, 15) is 9.00 Å². The lowest BCUT2D eigenvalue weighted by atomic mass is 10.1. The Balaban J connectivity index is 1.94. The molecule has 3 aromatic rings. The molecule has 0 saturated heterocycles. The van der Waals surface area contributed by atoms with Crippen LogP contribution in [-0.2, 0) is 22.1 Å². The van der Waals surface area contributed by atoms with Crippen LogP contribution in [-0.4, -0.2) is 31.6 Å². The molecule has 3 rings (SSSR count). The number of nitrogens with one attached hydrogen (secondary N) is 1. The van der Waals surface area contributed by atoms with Crippen molar-refractivity contribution in [2.75, 3.05) is 21.3 Å². The van der Waals surface area contributed by atoms with E-state index in [1.165, 1.54) is 21.3 Å². The van der Waals surface area contributed by atoms with E-state index in [-0.39, 0.29) is 6.61 Å². The number of benzene rings is 3. The van der Waals surface area contributed by atoms with Gasteiger partial charge < -0.3 is 24.3 Å². The highest BCUT2D eigenvalue weighted by Gasteiger charge is 2.27. The van der Waals surface area contributed by atoms with Gasteiger partial charge in [-0.3, -0.25) is 4.21 Å². The predicted octanol–water partition coefficient (Wildman–Crippen LogP) is 4.75. The molecule has 1 amide bonds. The van der Waals surface area contributed by atoms with Gasteiger partial charge in [0.05, 0.1) is 32.1 Å². The Morgan fingerprint density at radius 3 is 2.06 bits per heavy atom. The Morgan fingerprint density at radius 1 is 0.909 bits per heavy atom. The molecule has 0 heterocycles. The molecule has 8 heteroatoms. The number of hydrogen-bond donors (Lipinski definition) is 1. The summed E-state index contributed by atoms with van der Waals surface area (Å²) in [5, 5.41) is 1.82. The van der Waals surface area contributed by atoms with Crippen molar-refractivity contribution < 1.29 is 28.0 Å². The first-order valence-electron chi connectivity index (χ1n) is 10.2. The molecule has 0 fully saturated rings. The van der Waals surface area contributed by atoms with Gasteiger partial charge in [-0.25, -0.2) is 4.79 Å². The molecule has 174 valence electrons. The van der Waals surface area contributed by atoms with Gasteiger partial charge in [0.15, 0.2) is 11.5 Å². The summed E-state index contributed by atoms with van der Waals surface area (Å²) in [4.78, 5) is 13.2. The Morgan fingerprint density at radius 2 is 1.52 bits per heavy atom. The molecular weight excluding hydrogens is 442 g/mol. The number of methoxy groups -OCH3 is 3. The molecule has 0 aliphatic carbocycles. The third-order valence-corrected chi connectivity index (χ3v) is 6.47. The fourth-order valence-corrected chi connectivity index (χ4v) is 4.46. The maximum absolute atomic E-state index is 13.5. The Bertz CT molecular complexity index is 1080. The van der Waals surface area contributed by atoms with Crippen molar-refractivity contribution in [1.82, 2.24) is 5.32 Å². The van der Waals surface area contributed by atoms with Crippen LogP contribution < -0.4 is 19.5 Å². The number of amides is 1. The van der Waals surface area contributed by atoms with Crippen LogP contribution in [0, 0.1) is 6.92 Å². The van der Waals surface area contributed by atoms with Crippen molar-refractivity contribution in [2.24, 2.45) is 0 Å². The third kappa shape index (κ3) is 6.04. The molecule has 2 atom stereocenters. The quantitative estimate of drug-likeness (QED) is 0.487. The topological polar surface area (TPSA) is 83.1 Å². The first-order chi connectivity index (χ1) is 16.0. The standard InChI is InChI=1S/C25H27NO6S/c1-17-10-12-20(13-11-17)33(28)24(26-25(27)32-16-18-8-6-5-7-9-18)19-14-21(29-2)23(31-4)22(15-19)30-3/h5-15,24H,16H2,1-4H3,(H,26,27). The number of alkyl carbamates (subject to hydrolysis) is 1. The van der Waals surface area contributed by atoms with Crippen LogP contribution in [0.3, 0.4) is 0 Å². The molecule has 7 nitrogen and oxygen atoms in total. The fraction of sp³-hybridized carbons (Fsp3) is 0.240. The van der Waals surface area contributed by atoms with Gasteiger partial charge in [0.25, 0.3) is 0 Å². The Hall–Kier alpha value is -3.52. The number of ether oxygens (including phenoxy) is 4. The van der Waals surface area contributed by atoms with Gasteiger partial charge in [0.2, 0.25) is 5.75 Å². The first-order valence-corrected chi connectivity index (χ1v) is 11.4. The highest BCUT2D eigenvalue weighted by atomic mass is 32.2. The van der Waals surface area contributed by atoms with E-state index < -0.39 is 22.3 Å². The zero-order valence-corrected chi connectivity index (χ0v) is 19.8. The van der Waals surface area contributed by atoms with E-state index in [1.54, 1.807) is 24.3 Å². The van der Waals surface area contributed by atoms with Crippen molar-refractivity contribution in [1.29, 1.82) is 0 Å². The van der Waals surface area contributed by atoms with Gasteiger partial charge >= 0.3 is 6.09 Å². The highest BCUT2D eigenvalue weighted by Crippen LogP contribution is 2.40. The molecule has 33 heavy (non-hydrogen) atoms. The summed E-state index contributed by atoms with van der Waals surface area (Å²) < 4.78 is 35.2. The number of carbonyl (C=O) groups is 1. The van der Waals surface area contributed by atoms with Crippen LogP contribution in [0.1, 0.15) is 22.1 Å². The van der Waals surface area contributed by atoms with Crippen LogP contribution in [0.4, 0.5) is 4.79 Å². The smallest absolute Gasteiger partial charge is 0.408 e. The molecule has 0 spiro atoms. The van der Waals surface area contributed by atoms with Crippen LogP contribution >= 0.6 is 0 Å². The van der Waals surface area contributed by atoms with E-state index in [2.05, 4.69) is 5.32 Å². The monoisotopic (exact) mass is 469 g/mol. The minimum atomic E-state index is -1.64. The summed E-state index contributed by atoms with van der Waals surface area (Å²) in [7, 11) is 2.85. The van der Waals surface area contributed by atoms with Gasteiger partial charge in [-0.1, -0.05) is 48.0 Å². The number of carbonyl (C=O) groups excluding carboxylic acids is 1. The number of hydrogen-bond acceptors (Lipinski definition) is 6. The van der Waals surface area contributed by atoms with Crippen LogP contribution in [0.2, 0.25) is 0 Å². The summed E-state index contributed by atoms with van der Waals surface area (Å²) in [6, 6.07) is 19.9. The third-order valence-electron chi connectivity index (χ3n) is 4.92. The highest BCUT2D eigenvalue weighted by molar-refractivity contribution is 7.85. The molecule has 0 bridgehead atoms. The van der Waals surface area contributed by atoms with Gasteiger partial charge in [-0.2, -0.15) is 0 Å². The van der Waals surface area contributed by atoms with Gasteiger partial charge in [-0.05, 0) is 42.3 Å². The van der Waals surface area contributed by atoms with E-state index in [1.807, 2.05) is 49.4 Å². The van der Waals surface area contributed by atoms with E-state index >= 15 is 0 Å². The lowest BCUT2D eigenvalue weighted by molar-refractivity contribution is 0.138. The average Bonchev–Trinajstić information content (AvgIpc) is 2.85.